The van der Waals surface area contributed by atoms with Crippen molar-refractivity contribution in [3.05, 3.63) is 88.1 Å². The molecule has 4 aromatic rings. The van der Waals surface area contributed by atoms with Gasteiger partial charge in [0.05, 0.1) is 38.3 Å². The molecule has 1 saturated heterocycles. The maximum absolute atomic E-state index is 14.2. The lowest BCUT2D eigenvalue weighted by Crippen LogP contribution is -2.45. The minimum Gasteiger partial charge on any atom is -0.493 e. The summed E-state index contributed by atoms with van der Waals surface area (Å²) in [6, 6.07) is 22.4. The summed E-state index contributed by atoms with van der Waals surface area (Å²) >= 11 is 1.63. The fourth-order valence-corrected chi connectivity index (χ4v) is 7.97. The van der Waals surface area contributed by atoms with E-state index in [4.69, 9.17) is 14.2 Å². The number of amides is 1. The van der Waals surface area contributed by atoms with Crippen LogP contribution in [0.1, 0.15) is 28.2 Å². The van der Waals surface area contributed by atoms with Gasteiger partial charge >= 0.3 is 0 Å². The monoisotopic (exact) mass is 622 g/mol. The molecule has 0 aliphatic carbocycles. The number of aryl methyl sites for hydroxylation is 1. The number of carbonyl (C=O) groups is 1. The van der Waals surface area contributed by atoms with E-state index >= 15 is 0 Å². The Morgan fingerprint density at radius 2 is 1.79 bits per heavy atom. The highest BCUT2D eigenvalue weighted by atomic mass is 32.2. The Morgan fingerprint density at radius 1 is 1.00 bits per heavy atom. The lowest BCUT2D eigenvalue weighted by molar-refractivity contribution is -0.132. The SMILES string of the molecule is COc1ccc(CCN(Cc2ccc(C)s2)C(=O)CN(CC2CCCO2)S(=O)(=O)c2cccc3ccccc23)cc1OC. The Labute approximate surface area is 257 Å². The van der Waals surface area contributed by atoms with Gasteiger partial charge in [0.1, 0.15) is 0 Å². The summed E-state index contributed by atoms with van der Waals surface area (Å²) in [5.41, 5.74) is 0.984. The fraction of sp³-hybridized carbons (Fsp3) is 0.364. The number of ether oxygens (including phenoxy) is 3. The molecule has 8 nitrogen and oxygen atoms in total. The van der Waals surface area contributed by atoms with Crippen molar-refractivity contribution >= 4 is 38.0 Å². The van der Waals surface area contributed by atoms with E-state index in [1.54, 1.807) is 42.6 Å². The molecule has 0 saturated carbocycles. The molecule has 0 radical (unpaired) electrons. The quantitative estimate of drug-likeness (QED) is 0.191. The second-order valence-corrected chi connectivity index (χ2v) is 14.0. The predicted octanol–water partition coefficient (Wildman–Crippen LogP) is 5.67. The molecule has 1 aliphatic heterocycles. The normalized spacial score (nSPS) is 15.2. The van der Waals surface area contributed by atoms with Crippen molar-refractivity contribution in [3.63, 3.8) is 0 Å². The number of benzene rings is 3. The molecule has 43 heavy (non-hydrogen) atoms. The van der Waals surface area contributed by atoms with E-state index in [0.717, 1.165) is 33.5 Å². The number of fused-ring (bicyclic) bond motifs is 1. The Kier molecular flexibility index (Phi) is 10.0. The molecule has 0 spiro atoms. The topological polar surface area (TPSA) is 85.4 Å². The van der Waals surface area contributed by atoms with Crippen molar-refractivity contribution in [2.75, 3.05) is 40.5 Å². The first-order valence-corrected chi connectivity index (χ1v) is 16.7. The van der Waals surface area contributed by atoms with Crippen molar-refractivity contribution in [2.45, 2.75) is 43.7 Å². The number of carbonyl (C=O) groups excluding carboxylic acids is 1. The highest BCUT2D eigenvalue weighted by molar-refractivity contribution is 7.89. The van der Waals surface area contributed by atoms with Crippen LogP contribution in [0.15, 0.2) is 77.7 Å². The van der Waals surface area contributed by atoms with Crippen LogP contribution in [0.3, 0.4) is 0 Å². The third kappa shape index (κ3) is 7.38. The number of thiophene rings is 1. The largest absolute Gasteiger partial charge is 0.493 e. The number of rotatable bonds is 13. The molecular weight excluding hydrogens is 585 g/mol. The van der Waals surface area contributed by atoms with Gasteiger partial charge in [-0.2, -0.15) is 4.31 Å². The van der Waals surface area contributed by atoms with Crippen LogP contribution < -0.4 is 9.47 Å². The van der Waals surface area contributed by atoms with Crippen LogP contribution in [0.5, 0.6) is 11.5 Å². The molecule has 0 bridgehead atoms. The van der Waals surface area contributed by atoms with Gasteiger partial charge in [-0.15, -0.1) is 11.3 Å². The molecular formula is C33H38N2O6S2. The molecule has 1 amide bonds. The van der Waals surface area contributed by atoms with Crippen LogP contribution in [0.25, 0.3) is 10.8 Å². The van der Waals surface area contributed by atoms with Crippen LogP contribution in [-0.4, -0.2) is 70.1 Å². The fourth-order valence-electron chi connectivity index (χ4n) is 5.42. The van der Waals surface area contributed by atoms with Crippen molar-refractivity contribution in [2.24, 2.45) is 0 Å². The number of methoxy groups -OCH3 is 2. The van der Waals surface area contributed by atoms with Gasteiger partial charge in [0.2, 0.25) is 15.9 Å². The van der Waals surface area contributed by atoms with Gasteiger partial charge in [0, 0.05) is 34.8 Å². The molecule has 1 fully saturated rings. The van der Waals surface area contributed by atoms with Crippen LogP contribution >= 0.6 is 11.3 Å². The molecule has 5 rings (SSSR count). The van der Waals surface area contributed by atoms with E-state index in [1.165, 1.54) is 4.31 Å². The van der Waals surface area contributed by atoms with Crippen LogP contribution in [-0.2, 0) is 32.5 Å². The first-order chi connectivity index (χ1) is 20.8. The second kappa shape index (κ2) is 13.9. The molecule has 1 aromatic heterocycles. The first kappa shape index (κ1) is 31.0. The summed E-state index contributed by atoms with van der Waals surface area (Å²) in [4.78, 5) is 18.2. The van der Waals surface area contributed by atoms with Crippen molar-refractivity contribution < 1.29 is 27.4 Å². The lowest BCUT2D eigenvalue weighted by Gasteiger charge is -2.29. The third-order valence-corrected chi connectivity index (χ3v) is 10.6. The standard InChI is InChI=1S/C33H38N2O6S2/c1-24-13-15-28(42-24)22-34(18-17-25-14-16-30(39-2)31(20-25)40-3)33(36)23-35(21-27-10-7-19-41-27)43(37,38)32-12-6-9-26-8-4-5-11-29(26)32/h4-6,8-9,11-16,20,27H,7,10,17-19,21-23H2,1-3H3. The van der Waals surface area contributed by atoms with Crippen molar-refractivity contribution in [1.82, 2.24) is 9.21 Å². The minimum absolute atomic E-state index is 0.124. The highest BCUT2D eigenvalue weighted by Gasteiger charge is 2.33. The van der Waals surface area contributed by atoms with Gasteiger partial charge in [-0.05, 0) is 67.5 Å². The zero-order chi connectivity index (χ0) is 30.4. The number of hydrogen-bond acceptors (Lipinski definition) is 7. The molecule has 228 valence electrons. The maximum Gasteiger partial charge on any atom is 0.244 e. The summed E-state index contributed by atoms with van der Waals surface area (Å²) in [7, 11) is -0.833. The van der Waals surface area contributed by atoms with Gasteiger partial charge in [-0.1, -0.05) is 42.5 Å². The van der Waals surface area contributed by atoms with Crippen LogP contribution in [0.2, 0.25) is 0 Å². The Bertz CT molecular complexity index is 1660. The summed E-state index contributed by atoms with van der Waals surface area (Å²) in [5, 5.41) is 1.46. The Hall–Kier alpha value is -3.44. The third-order valence-electron chi connectivity index (χ3n) is 7.72. The van der Waals surface area contributed by atoms with Gasteiger partial charge in [-0.3, -0.25) is 4.79 Å². The maximum atomic E-state index is 14.2. The Morgan fingerprint density at radius 3 is 2.51 bits per heavy atom. The molecule has 1 unspecified atom stereocenters. The highest BCUT2D eigenvalue weighted by Crippen LogP contribution is 2.29. The summed E-state index contributed by atoms with van der Waals surface area (Å²) < 4.78 is 46.5. The first-order valence-electron chi connectivity index (χ1n) is 14.4. The Balaban J connectivity index is 1.43. The predicted molar refractivity (Wildman–Crippen MR) is 169 cm³/mol. The molecule has 1 atom stereocenters. The second-order valence-electron chi connectivity index (χ2n) is 10.7. The molecule has 2 heterocycles. The molecule has 0 N–H and O–H groups in total. The lowest BCUT2D eigenvalue weighted by atomic mass is 10.1. The summed E-state index contributed by atoms with van der Waals surface area (Å²) in [6.45, 7) is 3.28. The summed E-state index contributed by atoms with van der Waals surface area (Å²) in [5.74, 6) is 1.00. The van der Waals surface area contributed by atoms with E-state index in [2.05, 4.69) is 0 Å². The minimum atomic E-state index is -4.02. The van der Waals surface area contributed by atoms with Gasteiger partial charge in [0.25, 0.3) is 0 Å². The van der Waals surface area contributed by atoms with Gasteiger partial charge in [-0.25, -0.2) is 8.42 Å². The molecule has 1 aliphatic rings. The van der Waals surface area contributed by atoms with E-state index in [9.17, 15) is 13.2 Å². The summed E-state index contributed by atoms with van der Waals surface area (Å²) in [6.07, 6.45) is 1.94. The molecule has 3 aromatic carbocycles. The van der Waals surface area contributed by atoms with E-state index in [0.29, 0.717) is 43.0 Å². The number of sulfonamides is 1. The van der Waals surface area contributed by atoms with Crippen LogP contribution in [0.4, 0.5) is 0 Å². The average molecular weight is 623 g/mol. The average Bonchev–Trinajstić information content (AvgIpc) is 3.69. The number of hydrogen-bond donors (Lipinski definition) is 0. The zero-order valence-corrected chi connectivity index (χ0v) is 26.5. The van der Waals surface area contributed by atoms with Crippen LogP contribution in [0, 0.1) is 6.92 Å². The van der Waals surface area contributed by atoms with Crippen molar-refractivity contribution in [3.8, 4) is 11.5 Å². The van der Waals surface area contributed by atoms with Crippen molar-refractivity contribution in [1.29, 1.82) is 0 Å². The smallest absolute Gasteiger partial charge is 0.244 e. The van der Waals surface area contributed by atoms with E-state index < -0.39 is 10.0 Å². The molecule has 10 heteroatoms. The number of nitrogens with zero attached hydrogens (tertiary/aromatic N) is 2. The van der Waals surface area contributed by atoms with E-state index in [-0.39, 0.29) is 30.0 Å². The van der Waals surface area contributed by atoms with Gasteiger partial charge < -0.3 is 19.1 Å². The zero-order valence-electron chi connectivity index (χ0n) is 24.8. The van der Waals surface area contributed by atoms with E-state index in [1.807, 2.05) is 67.6 Å². The van der Waals surface area contributed by atoms with Gasteiger partial charge in [0.15, 0.2) is 11.5 Å².